The second kappa shape index (κ2) is 2.78. The van der Waals surface area contributed by atoms with Gasteiger partial charge in [0.05, 0.1) is 5.56 Å². The smallest absolute Gasteiger partial charge is 0.338 e. The van der Waals surface area contributed by atoms with E-state index in [0.29, 0.717) is 11.2 Å². The van der Waals surface area contributed by atoms with Crippen LogP contribution >= 0.6 is 0 Å². The minimum atomic E-state index is -1.02. The fourth-order valence-corrected chi connectivity index (χ4v) is 1.05. The zero-order valence-corrected chi connectivity index (χ0v) is 6.51. The molecule has 0 spiro atoms. The second-order valence-electron chi connectivity index (χ2n) is 2.39. The Kier molecular flexibility index (Phi) is 1.63. The van der Waals surface area contributed by atoms with Gasteiger partial charge in [0.1, 0.15) is 5.52 Å². The zero-order chi connectivity index (χ0) is 9.26. The average Bonchev–Trinajstić information content (AvgIpc) is 2.17. The van der Waals surface area contributed by atoms with Crippen molar-refractivity contribution < 1.29 is 9.90 Å². The predicted molar refractivity (Wildman–Crippen MR) is 44.3 cm³/mol. The summed E-state index contributed by atoms with van der Waals surface area (Å²) in [5.41, 5.74) is 0.790. The standard InChI is InChI=1S/C8H5N3O2/c12-8(13)5-1-2-10-7-6(5)9-3-4-11-7/h1-4H,(H,12,13). The fourth-order valence-electron chi connectivity index (χ4n) is 1.05. The van der Waals surface area contributed by atoms with Crippen LogP contribution < -0.4 is 0 Å². The van der Waals surface area contributed by atoms with Crippen molar-refractivity contribution in [3.8, 4) is 0 Å². The summed E-state index contributed by atoms with van der Waals surface area (Å²) < 4.78 is 0. The number of fused-ring (bicyclic) bond motifs is 1. The number of aromatic nitrogens is 3. The van der Waals surface area contributed by atoms with Crippen molar-refractivity contribution in [2.45, 2.75) is 0 Å². The highest BCUT2D eigenvalue weighted by molar-refractivity contribution is 5.99. The normalized spacial score (nSPS) is 10.2. The van der Waals surface area contributed by atoms with Gasteiger partial charge in [-0.3, -0.25) is 4.98 Å². The summed E-state index contributed by atoms with van der Waals surface area (Å²) in [4.78, 5) is 22.4. The molecular formula is C8H5N3O2. The molecule has 0 amide bonds. The highest BCUT2D eigenvalue weighted by atomic mass is 16.4. The third-order valence-corrected chi connectivity index (χ3v) is 1.60. The Morgan fingerprint density at radius 2 is 1.85 bits per heavy atom. The first-order chi connectivity index (χ1) is 6.29. The monoisotopic (exact) mass is 175 g/mol. The van der Waals surface area contributed by atoms with E-state index >= 15 is 0 Å². The lowest BCUT2D eigenvalue weighted by molar-refractivity contribution is 0.0698. The number of hydrogen-bond acceptors (Lipinski definition) is 4. The highest BCUT2D eigenvalue weighted by Crippen LogP contribution is 2.10. The van der Waals surface area contributed by atoms with Gasteiger partial charge in [-0.05, 0) is 6.07 Å². The molecule has 0 aliphatic carbocycles. The molecule has 5 nitrogen and oxygen atoms in total. The zero-order valence-electron chi connectivity index (χ0n) is 6.51. The van der Waals surface area contributed by atoms with E-state index in [-0.39, 0.29) is 5.56 Å². The summed E-state index contributed by atoms with van der Waals surface area (Å²) >= 11 is 0. The molecular weight excluding hydrogens is 170 g/mol. The van der Waals surface area contributed by atoms with Crippen molar-refractivity contribution in [1.82, 2.24) is 15.0 Å². The van der Waals surface area contributed by atoms with Crippen molar-refractivity contribution in [2.24, 2.45) is 0 Å². The van der Waals surface area contributed by atoms with Crippen LogP contribution in [0.25, 0.3) is 11.2 Å². The molecule has 2 aromatic heterocycles. The van der Waals surface area contributed by atoms with Crippen molar-refractivity contribution in [3.63, 3.8) is 0 Å². The SMILES string of the molecule is O=C(O)c1ccnc2nccnc12. The number of aromatic carboxylic acids is 1. The summed E-state index contributed by atoms with van der Waals surface area (Å²) in [5, 5.41) is 8.79. The number of pyridine rings is 1. The first-order valence-electron chi connectivity index (χ1n) is 3.58. The molecule has 5 heteroatoms. The molecule has 0 saturated carbocycles. The fraction of sp³-hybridized carbons (Fsp3) is 0. The van der Waals surface area contributed by atoms with Crippen LogP contribution in [0.2, 0.25) is 0 Å². The molecule has 2 heterocycles. The minimum Gasteiger partial charge on any atom is -0.478 e. The molecule has 0 aliphatic heterocycles. The molecule has 0 atom stereocenters. The first kappa shape index (κ1) is 7.60. The minimum absolute atomic E-state index is 0.123. The Bertz CT molecular complexity index is 464. The van der Waals surface area contributed by atoms with E-state index in [1.54, 1.807) is 0 Å². The number of hydrogen-bond donors (Lipinski definition) is 1. The van der Waals surface area contributed by atoms with Crippen molar-refractivity contribution in [1.29, 1.82) is 0 Å². The summed E-state index contributed by atoms with van der Waals surface area (Å²) in [7, 11) is 0. The van der Waals surface area contributed by atoms with Crippen molar-refractivity contribution in [3.05, 3.63) is 30.2 Å². The maximum absolute atomic E-state index is 10.7. The van der Waals surface area contributed by atoms with Crippen LogP contribution in [0.1, 0.15) is 10.4 Å². The molecule has 0 aromatic carbocycles. The third-order valence-electron chi connectivity index (χ3n) is 1.60. The molecule has 2 rings (SSSR count). The van der Waals surface area contributed by atoms with E-state index in [1.165, 1.54) is 24.7 Å². The number of rotatable bonds is 1. The molecule has 0 fully saturated rings. The quantitative estimate of drug-likeness (QED) is 0.691. The summed E-state index contributed by atoms with van der Waals surface area (Å²) in [5.74, 6) is -1.02. The first-order valence-corrected chi connectivity index (χ1v) is 3.58. The van der Waals surface area contributed by atoms with Crippen LogP contribution in [0.4, 0.5) is 0 Å². The van der Waals surface area contributed by atoms with Crippen molar-refractivity contribution in [2.75, 3.05) is 0 Å². The van der Waals surface area contributed by atoms with Crippen LogP contribution in [-0.4, -0.2) is 26.0 Å². The average molecular weight is 175 g/mol. The molecule has 0 aliphatic rings. The Labute approximate surface area is 73.1 Å². The van der Waals surface area contributed by atoms with Crippen LogP contribution in [0.5, 0.6) is 0 Å². The van der Waals surface area contributed by atoms with Gasteiger partial charge in [-0.15, -0.1) is 0 Å². The maximum Gasteiger partial charge on any atom is 0.338 e. The molecule has 1 N–H and O–H groups in total. The summed E-state index contributed by atoms with van der Waals surface area (Å²) in [6, 6.07) is 1.40. The Morgan fingerprint density at radius 3 is 2.62 bits per heavy atom. The number of carboxylic acid groups (broad SMARTS) is 1. The van der Waals surface area contributed by atoms with Gasteiger partial charge in [0.15, 0.2) is 5.65 Å². The summed E-state index contributed by atoms with van der Waals surface area (Å²) in [6.45, 7) is 0. The van der Waals surface area contributed by atoms with E-state index in [0.717, 1.165) is 0 Å². The van der Waals surface area contributed by atoms with Gasteiger partial charge in [-0.2, -0.15) is 0 Å². The van der Waals surface area contributed by atoms with Gasteiger partial charge in [-0.25, -0.2) is 14.8 Å². The van der Waals surface area contributed by atoms with Crippen LogP contribution in [0.3, 0.4) is 0 Å². The number of carbonyl (C=O) groups is 1. The van der Waals surface area contributed by atoms with Crippen LogP contribution in [0, 0.1) is 0 Å². The number of nitrogens with zero attached hydrogens (tertiary/aromatic N) is 3. The van der Waals surface area contributed by atoms with E-state index in [1.807, 2.05) is 0 Å². The Balaban J connectivity index is 2.83. The maximum atomic E-state index is 10.7. The third kappa shape index (κ3) is 1.20. The molecule has 0 radical (unpaired) electrons. The molecule has 64 valence electrons. The largest absolute Gasteiger partial charge is 0.478 e. The lowest BCUT2D eigenvalue weighted by Crippen LogP contribution is -2.00. The number of carboxylic acids is 1. The van der Waals surface area contributed by atoms with Crippen LogP contribution in [-0.2, 0) is 0 Å². The molecule has 0 unspecified atom stereocenters. The van der Waals surface area contributed by atoms with Gasteiger partial charge < -0.3 is 5.11 Å². The van der Waals surface area contributed by atoms with Gasteiger partial charge in [-0.1, -0.05) is 0 Å². The van der Waals surface area contributed by atoms with Gasteiger partial charge in [0.2, 0.25) is 0 Å². The van der Waals surface area contributed by atoms with E-state index < -0.39 is 5.97 Å². The van der Waals surface area contributed by atoms with Gasteiger partial charge in [0.25, 0.3) is 0 Å². The topological polar surface area (TPSA) is 76.0 Å². The predicted octanol–water partition coefficient (Wildman–Crippen LogP) is 0.723. The van der Waals surface area contributed by atoms with E-state index in [2.05, 4.69) is 15.0 Å². The lowest BCUT2D eigenvalue weighted by Gasteiger charge is -1.97. The molecule has 13 heavy (non-hydrogen) atoms. The highest BCUT2D eigenvalue weighted by Gasteiger charge is 2.09. The molecule has 2 aromatic rings. The molecule has 0 bridgehead atoms. The van der Waals surface area contributed by atoms with Crippen molar-refractivity contribution >= 4 is 17.1 Å². The Morgan fingerprint density at radius 1 is 1.15 bits per heavy atom. The second-order valence-corrected chi connectivity index (χ2v) is 2.39. The Hall–Kier alpha value is -2.04. The van der Waals surface area contributed by atoms with Crippen LogP contribution in [0.15, 0.2) is 24.7 Å². The van der Waals surface area contributed by atoms with E-state index in [9.17, 15) is 4.79 Å². The lowest BCUT2D eigenvalue weighted by atomic mass is 10.2. The molecule has 0 saturated heterocycles. The van der Waals surface area contributed by atoms with Gasteiger partial charge in [0, 0.05) is 18.6 Å². The van der Waals surface area contributed by atoms with Gasteiger partial charge >= 0.3 is 5.97 Å². The summed E-state index contributed by atoms with van der Waals surface area (Å²) in [6.07, 6.45) is 4.32. The van der Waals surface area contributed by atoms with E-state index in [4.69, 9.17) is 5.11 Å².